The lowest BCUT2D eigenvalue weighted by Crippen LogP contribution is -1.85. The first-order valence-corrected chi connectivity index (χ1v) is 7.15. The Labute approximate surface area is 133 Å². The molecule has 0 saturated heterocycles. The highest BCUT2D eigenvalue weighted by Crippen LogP contribution is 2.20. The van der Waals surface area contributed by atoms with E-state index in [1.807, 2.05) is 38.1 Å². The summed E-state index contributed by atoms with van der Waals surface area (Å²) in [6.45, 7) is 3.97. The minimum Gasteiger partial charge on any atom is -0.497 e. The summed E-state index contributed by atoms with van der Waals surface area (Å²) < 4.78 is 15.8. The van der Waals surface area contributed by atoms with Gasteiger partial charge in [-0.05, 0) is 24.3 Å². The lowest BCUT2D eigenvalue weighted by Gasteiger charge is -1.98. The molecule has 0 radical (unpaired) electrons. The lowest BCUT2D eigenvalue weighted by atomic mass is 10.2. The first kappa shape index (κ1) is 15.0. The summed E-state index contributed by atoms with van der Waals surface area (Å²) in [5.41, 5.74) is 0.842. The molecular weight excluding hydrogens is 296 g/mol. The monoisotopic (exact) mass is 312 g/mol. The van der Waals surface area contributed by atoms with Gasteiger partial charge in [-0.1, -0.05) is 19.0 Å². The second-order valence-corrected chi connectivity index (χ2v) is 5.15. The zero-order chi connectivity index (χ0) is 16.2. The van der Waals surface area contributed by atoms with E-state index >= 15 is 0 Å². The number of rotatable bonds is 5. The van der Waals surface area contributed by atoms with E-state index in [0.29, 0.717) is 23.5 Å². The van der Waals surface area contributed by atoms with Crippen molar-refractivity contribution in [2.24, 2.45) is 0 Å². The van der Waals surface area contributed by atoms with E-state index in [0.717, 1.165) is 11.3 Å². The third kappa shape index (κ3) is 3.45. The van der Waals surface area contributed by atoms with Crippen molar-refractivity contribution < 1.29 is 13.7 Å². The number of ether oxygens (including phenoxy) is 1. The summed E-state index contributed by atoms with van der Waals surface area (Å²) in [6.07, 6.45) is 3.28. The topological polar surface area (TPSA) is 87.1 Å². The van der Waals surface area contributed by atoms with E-state index in [9.17, 15) is 0 Å². The van der Waals surface area contributed by atoms with Crippen molar-refractivity contribution in [3.05, 3.63) is 41.9 Å². The van der Waals surface area contributed by atoms with E-state index in [1.54, 1.807) is 19.3 Å². The van der Waals surface area contributed by atoms with Crippen molar-refractivity contribution in [3.8, 4) is 17.1 Å². The number of benzene rings is 1. The van der Waals surface area contributed by atoms with Gasteiger partial charge in [0, 0.05) is 23.6 Å². The van der Waals surface area contributed by atoms with Crippen LogP contribution in [0.15, 0.2) is 33.2 Å². The minimum absolute atomic E-state index is 0.190. The van der Waals surface area contributed by atoms with Gasteiger partial charge < -0.3 is 13.7 Å². The van der Waals surface area contributed by atoms with Crippen LogP contribution in [0.25, 0.3) is 23.5 Å². The first-order valence-electron chi connectivity index (χ1n) is 7.15. The van der Waals surface area contributed by atoms with Gasteiger partial charge in [0.15, 0.2) is 0 Å². The van der Waals surface area contributed by atoms with Gasteiger partial charge in [0.25, 0.3) is 5.89 Å². The van der Waals surface area contributed by atoms with Crippen molar-refractivity contribution in [2.45, 2.75) is 19.8 Å². The first-order chi connectivity index (χ1) is 11.2. The molecule has 3 rings (SSSR count). The van der Waals surface area contributed by atoms with Crippen LogP contribution in [0.2, 0.25) is 0 Å². The van der Waals surface area contributed by atoms with Gasteiger partial charge in [0.2, 0.25) is 17.6 Å². The fourth-order valence-electron chi connectivity index (χ4n) is 1.85. The number of hydrogen-bond donors (Lipinski definition) is 0. The zero-order valence-electron chi connectivity index (χ0n) is 13.1. The van der Waals surface area contributed by atoms with Gasteiger partial charge in [0.05, 0.1) is 7.11 Å². The maximum Gasteiger partial charge on any atom is 0.251 e. The maximum absolute atomic E-state index is 5.47. The molecule has 3 aromatic rings. The van der Waals surface area contributed by atoms with Gasteiger partial charge in [-0.15, -0.1) is 10.2 Å². The van der Waals surface area contributed by atoms with Crippen molar-refractivity contribution in [3.63, 3.8) is 0 Å². The Bertz CT molecular complexity index is 803. The van der Waals surface area contributed by atoms with Crippen LogP contribution in [0, 0.1) is 0 Å². The van der Waals surface area contributed by atoms with Gasteiger partial charge in [-0.25, -0.2) is 0 Å². The Morgan fingerprint density at radius 1 is 1.04 bits per heavy atom. The van der Waals surface area contributed by atoms with Gasteiger partial charge >= 0.3 is 0 Å². The summed E-state index contributed by atoms with van der Waals surface area (Å²) >= 11 is 0. The predicted octanol–water partition coefficient (Wildman–Crippen LogP) is 3.42. The molecule has 0 N–H and O–H groups in total. The molecule has 0 spiro atoms. The highest BCUT2D eigenvalue weighted by molar-refractivity contribution is 5.63. The second-order valence-electron chi connectivity index (χ2n) is 5.15. The SMILES string of the molecule is COc1ccc(-c2noc(C=Cc3nnc(C(C)C)o3)n2)cc1. The van der Waals surface area contributed by atoms with Gasteiger partial charge in [0.1, 0.15) is 5.75 Å². The average Bonchev–Trinajstić information content (AvgIpc) is 3.22. The molecule has 23 heavy (non-hydrogen) atoms. The van der Waals surface area contributed by atoms with Crippen LogP contribution in [0.3, 0.4) is 0 Å². The van der Waals surface area contributed by atoms with Gasteiger partial charge in [-0.2, -0.15) is 4.98 Å². The van der Waals surface area contributed by atoms with Crippen molar-refractivity contribution in [1.29, 1.82) is 0 Å². The largest absolute Gasteiger partial charge is 0.497 e. The van der Waals surface area contributed by atoms with Crippen LogP contribution in [-0.2, 0) is 0 Å². The Morgan fingerprint density at radius 2 is 1.78 bits per heavy atom. The lowest BCUT2D eigenvalue weighted by molar-refractivity contribution is 0.410. The predicted molar refractivity (Wildman–Crippen MR) is 83.6 cm³/mol. The third-order valence-electron chi connectivity index (χ3n) is 3.11. The average molecular weight is 312 g/mol. The quantitative estimate of drug-likeness (QED) is 0.713. The Morgan fingerprint density at radius 3 is 2.43 bits per heavy atom. The number of nitrogens with zero attached hydrogens (tertiary/aromatic N) is 4. The van der Waals surface area contributed by atoms with Crippen LogP contribution >= 0.6 is 0 Å². The summed E-state index contributed by atoms with van der Waals surface area (Å²) in [5, 5.41) is 11.8. The standard InChI is InChI=1S/C16H16N4O3/c1-10(2)16-19-18-14(22-16)9-8-13-17-15(20-23-13)11-4-6-12(21-3)7-5-11/h4-10H,1-3H3. The van der Waals surface area contributed by atoms with Crippen molar-refractivity contribution in [2.75, 3.05) is 7.11 Å². The molecule has 1 aromatic carbocycles. The van der Waals surface area contributed by atoms with Crippen LogP contribution in [0.5, 0.6) is 5.75 Å². The summed E-state index contributed by atoms with van der Waals surface area (Å²) in [5.74, 6) is 2.82. The molecule has 2 heterocycles. The molecule has 0 fully saturated rings. The molecule has 0 aliphatic carbocycles. The Hall–Kier alpha value is -2.96. The molecule has 0 saturated carbocycles. The third-order valence-corrected chi connectivity index (χ3v) is 3.11. The van der Waals surface area contributed by atoms with E-state index < -0.39 is 0 Å². The van der Waals surface area contributed by atoms with E-state index in [2.05, 4.69) is 20.3 Å². The smallest absolute Gasteiger partial charge is 0.251 e. The maximum atomic E-state index is 5.47. The van der Waals surface area contributed by atoms with E-state index in [-0.39, 0.29) is 5.92 Å². The molecular formula is C16H16N4O3. The Kier molecular flexibility index (Phi) is 4.18. The zero-order valence-corrected chi connectivity index (χ0v) is 13.1. The summed E-state index contributed by atoms with van der Waals surface area (Å²) in [4.78, 5) is 4.30. The molecule has 0 aliphatic heterocycles. The fraction of sp³-hybridized carbons (Fsp3) is 0.250. The molecule has 0 atom stereocenters. The number of methoxy groups -OCH3 is 1. The summed E-state index contributed by atoms with van der Waals surface area (Å²) in [6, 6.07) is 7.41. The molecule has 7 nitrogen and oxygen atoms in total. The minimum atomic E-state index is 0.190. The molecule has 0 unspecified atom stereocenters. The van der Waals surface area contributed by atoms with Gasteiger partial charge in [-0.3, -0.25) is 0 Å². The molecule has 0 bridgehead atoms. The van der Waals surface area contributed by atoms with Crippen LogP contribution in [-0.4, -0.2) is 27.4 Å². The van der Waals surface area contributed by atoms with E-state index in [1.165, 1.54) is 0 Å². The molecule has 7 heteroatoms. The molecule has 0 amide bonds. The number of hydrogen-bond acceptors (Lipinski definition) is 7. The summed E-state index contributed by atoms with van der Waals surface area (Å²) in [7, 11) is 1.62. The Balaban J connectivity index is 1.74. The van der Waals surface area contributed by atoms with Crippen LogP contribution in [0.4, 0.5) is 0 Å². The fourth-order valence-corrected chi connectivity index (χ4v) is 1.85. The van der Waals surface area contributed by atoms with Crippen LogP contribution < -0.4 is 4.74 Å². The highest BCUT2D eigenvalue weighted by atomic mass is 16.5. The van der Waals surface area contributed by atoms with Crippen molar-refractivity contribution in [1.82, 2.24) is 20.3 Å². The molecule has 118 valence electrons. The van der Waals surface area contributed by atoms with Crippen molar-refractivity contribution >= 4 is 12.2 Å². The number of aromatic nitrogens is 4. The highest BCUT2D eigenvalue weighted by Gasteiger charge is 2.09. The second kappa shape index (κ2) is 6.43. The normalized spacial score (nSPS) is 11.5. The molecule has 2 aromatic heterocycles. The van der Waals surface area contributed by atoms with Crippen LogP contribution in [0.1, 0.15) is 37.4 Å². The molecule has 0 aliphatic rings. The van der Waals surface area contributed by atoms with E-state index in [4.69, 9.17) is 13.7 Å².